The molecule has 0 radical (unpaired) electrons. The molecule has 3 aromatic carbocycles. The first-order valence-electron chi connectivity index (χ1n) is 12.3. The topological polar surface area (TPSA) is 56.2 Å². The molecule has 182 valence electrons. The number of carbonyl (C=O) groups is 1. The number of para-hydroxylation sites is 2. The predicted octanol–water partition coefficient (Wildman–Crippen LogP) is 6.65. The first kappa shape index (κ1) is 24.5. The van der Waals surface area contributed by atoms with E-state index < -0.39 is 0 Å². The number of hydrogen-bond donors (Lipinski definition) is 1. The van der Waals surface area contributed by atoms with Crippen molar-refractivity contribution in [3.8, 4) is 5.75 Å². The number of hydrogen-bond acceptors (Lipinski definition) is 3. The zero-order chi connectivity index (χ0) is 25.1. The van der Waals surface area contributed by atoms with Gasteiger partial charge in [0.25, 0.3) is 5.91 Å². The fourth-order valence-corrected chi connectivity index (χ4v) is 4.56. The standard InChI is InChI=1S/C30H35N3O2/c1-19(2)24-13-11-21(4)18-28(24)35-16-15-33-27-10-8-7-9-26(27)32-29(33)23(6)31-30(34)25-14-12-20(3)17-22(25)5/h7-14,17-19,23H,15-16H2,1-6H3,(H,31,34). The van der Waals surface area contributed by atoms with Gasteiger partial charge in [0.1, 0.15) is 18.2 Å². The van der Waals surface area contributed by atoms with Crippen molar-refractivity contribution in [3.63, 3.8) is 0 Å². The average molecular weight is 470 g/mol. The molecule has 1 aromatic heterocycles. The lowest BCUT2D eigenvalue weighted by atomic mass is 10.0. The quantitative estimate of drug-likeness (QED) is 0.314. The number of nitrogens with zero attached hydrogens (tertiary/aromatic N) is 2. The second-order valence-corrected chi connectivity index (χ2v) is 9.67. The van der Waals surface area contributed by atoms with E-state index in [0.717, 1.165) is 33.7 Å². The van der Waals surface area contributed by atoms with Gasteiger partial charge in [-0.3, -0.25) is 4.79 Å². The van der Waals surface area contributed by atoms with Crippen molar-refractivity contribution in [2.45, 2.75) is 60.0 Å². The van der Waals surface area contributed by atoms with Crippen LogP contribution in [0.4, 0.5) is 0 Å². The number of aromatic nitrogens is 2. The van der Waals surface area contributed by atoms with Crippen LogP contribution in [0.5, 0.6) is 5.75 Å². The molecule has 0 spiro atoms. The van der Waals surface area contributed by atoms with Crippen molar-refractivity contribution in [2.75, 3.05) is 6.61 Å². The van der Waals surface area contributed by atoms with Crippen LogP contribution in [-0.2, 0) is 6.54 Å². The van der Waals surface area contributed by atoms with Gasteiger partial charge in [0.2, 0.25) is 0 Å². The van der Waals surface area contributed by atoms with Gasteiger partial charge in [-0.2, -0.15) is 0 Å². The Hall–Kier alpha value is -3.60. The van der Waals surface area contributed by atoms with Gasteiger partial charge >= 0.3 is 0 Å². The van der Waals surface area contributed by atoms with E-state index in [0.29, 0.717) is 24.6 Å². The van der Waals surface area contributed by atoms with E-state index in [1.54, 1.807) is 0 Å². The highest BCUT2D eigenvalue weighted by Crippen LogP contribution is 2.28. The highest BCUT2D eigenvalue weighted by molar-refractivity contribution is 5.96. The molecule has 5 nitrogen and oxygen atoms in total. The molecule has 5 heteroatoms. The van der Waals surface area contributed by atoms with Crippen LogP contribution >= 0.6 is 0 Å². The third kappa shape index (κ3) is 5.40. The summed E-state index contributed by atoms with van der Waals surface area (Å²) in [7, 11) is 0. The van der Waals surface area contributed by atoms with Gasteiger partial charge in [-0.15, -0.1) is 0 Å². The summed E-state index contributed by atoms with van der Waals surface area (Å²) in [5.74, 6) is 2.05. The number of aryl methyl sites for hydroxylation is 3. The van der Waals surface area contributed by atoms with E-state index in [2.05, 4.69) is 54.9 Å². The van der Waals surface area contributed by atoms with E-state index >= 15 is 0 Å². The van der Waals surface area contributed by atoms with Gasteiger partial charge in [-0.1, -0.05) is 55.8 Å². The summed E-state index contributed by atoms with van der Waals surface area (Å²) in [5, 5.41) is 3.15. The van der Waals surface area contributed by atoms with Gasteiger partial charge in [0.05, 0.1) is 23.6 Å². The fourth-order valence-electron chi connectivity index (χ4n) is 4.56. The number of fused-ring (bicyclic) bond motifs is 1. The first-order chi connectivity index (χ1) is 16.7. The maximum Gasteiger partial charge on any atom is 0.252 e. The Bertz CT molecular complexity index is 1350. The average Bonchev–Trinajstić information content (AvgIpc) is 3.17. The van der Waals surface area contributed by atoms with E-state index in [-0.39, 0.29) is 11.9 Å². The lowest BCUT2D eigenvalue weighted by Crippen LogP contribution is -2.29. The molecule has 4 rings (SSSR count). The highest BCUT2D eigenvalue weighted by Gasteiger charge is 2.20. The number of rotatable bonds is 8. The summed E-state index contributed by atoms with van der Waals surface area (Å²) in [5.41, 5.74) is 7.13. The van der Waals surface area contributed by atoms with Crippen LogP contribution in [0, 0.1) is 20.8 Å². The molecule has 0 aliphatic carbocycles. The summed E-state index contributed by atoms with van der Waals surface area (Å²) in [6, 6.07) is 20.1. The number of amides is 1. The highest BCUT2D eigenvalue weighted by atomic mass is 16.5. The molecule has 0 fully saturated rings. The molecule has 1 atom stereocenters. The molecule has 1 amide bonds. The van der Waals surface area contributed by atoms with Gasteiger partial charge in [-0.05, 0) is 74.6 Å². The molecule has 0 aliphatic heterocycles. The zero-order valence-electron chi connectivity index (χ0n) is 21.6. The Morgan fingerprint density at radius 1 is 0.971 bits per heavy atom. The van der Waals surface area contributed by atoms with Crippen molar-refractivity contribution in [3.05, 3.63) is 94.3 Å². The molecule has 1 N–H and O–H groups in total. The Labute approximate surface area is 208 Å². The summed E-state index contributed by atoms with van der Waals surface area (Å²) >= 11 is 0. The van der Waals surface area contributed by atoms with Crippen LogP contribution in [0.25, 0.3) is 11.0 Å². The third-order valence-electron chi connectivity index (χ3n) is 6.41. The van der Waals surface area contributed by atoms with E-state index in [1.807, 2.05) is 57.2 Å². The van der Waals surface area contributed by atoms with Gasteiger partial charge in [-0.25, -0.2) is 4.98 Å². The largest absolute Gasteiger partial charge is 0.491 e. The fraction of sp³-hybridized carbons (Fsp3) is 0.333. The Morgan fingerprint density at radius 3 is 2.43 bits per heavy atom. The Morgan fingerprint density at radius 2 is 1.69 bits per heavy atom. The Balaban J connectivity index is 1.57. The summed E-state index contributed by atoms with van der Waals surface area (Å²) in [6.07, 6.45) is 0. The lowest BCUT2D eigenvalue weighted by Gasteiger charge is -2.19. The molecule has 4 aromatic rings. The number of benzene rings is 3. The van der Waals surface area contributed by atoms with Crippen LogP contribution < -0.4 is 10.1 Å². The second kappa shape index (κ2) is 10.3. The van der Waals surface area contributed by atoms with E-state index in [4.69, 9.17) is 9.72 Å². The molecule has 0 saturated carbocycles. The normalized spacial score (nSPS) is 12.2. The molecule has 0 bridgehead atoms. The van der Waals surface area contributed by atoms with E-state index in [9.17, 15) is 4.79 Å². The second-order valence-electron chi connectivity index (χ2n) is 9.67. The SMILES string of the molecule is Cc1ccc(C(=O)NC(C)c2nc3ccccc3n2CCOc2cc(C)ccc2C(C)C)c(C)c1. The minimum absolute atomic E-state index is 0.0915. The van der Waals surface area contributed by atoms with Crippen molar-refractivity contribution in [1.29, 1.82) is 0 Å². The zero-order valence-corrected chi connectivity index (χ0v) is 21.6. The smallest absolute Gasteiger partial charge is 0.252 e. The molecule has 35 heavy (non-hydrogen) atoms. The van der Waals surface area contributed by atoms with Crippen LogP contribution in [0.15, 0.2) is 60.7 Å². The number of carbonyl (C=O) groups excluding carboxylic acids is 1. The molecule has 0 saturated heterocycles. The monoisotopic (exact) mass is 469 g/mol. The first-order valence-corrected chi connectivity index (χ1v) is 12.3. The molecular formula is C30H35N3O2. The van der Waals surface area contributed by atoms with E-state index in [1.165, 1.54) is 11.1 Å². The Kier molecular flexibility index (Phi) is 7.25. The molecule has 1 unspecified atom stereocenters. The number of ether oxygens (including phenoxy) is 1. The van der Waals surface area contributed by atoms with Gasteiger partial charge < -0.3 is 14.6 Å². The molecular weight excluding hydrogens is 434 g/mol. The number of imidazole rings is 1. The van der Waals surface area contributed by atoms with Crippen molar-refractivity contribution >= 4 is 16.9 Å². The molecule has 1 heterocycles. The summed E-state index contributed by atoms with van der Waals surface area (Å²) in [4.78, 5) is 17.9. The predicted molar refractivity (Wildman–Crippen MR) is 142 cm³/mol. The maximum atomic E-state index is 13.0. The van der Waals surface area contributed by atoms with Gasteiger partial charge in [0.15, 0.2) is 0 Å². The lowest BCUT2D eigenvalue weighted by molar-refractivity contribution is 0.0937. The van der Waals surface area contributed by atoms with Crippen LogP contribution in [-0.4, -0.2) is 22.1 Å². The van der Waals surface area contributed by atoms with Crippen LogP contribution in [0.2, 0.25) is 0 Å². The third-order valence-corrected chi connectivity index (χ3v) is 6.41. The minimum Gasteiger partial charge on any atom is -0.491 e. The number of nitrogens with one attached hydrogen (secondary N) is 1. The summed E-state index contributed by atoms with van der Waals surface area (Å²) < 4.78 is 8.44. The van der Waals surface area contributed by atoms with Crippen molar-refractivity contribution < 1.29 is 9.53 Å². The van der Waals surface area contributed by atoms with Crippen molar-refractivity contribution in [2.24, 2.45) is 0 Å². The molecule has 0 aliphatic rings. The maximum absolute atomic E-state index is 13.0. The van der Waals surface area contributed by atoms with Gasteiger partial charge in [0, 0.05) is 5.56 Å². The van der Waals surface area contributed by atoms with Crippen molar-refractivity contribution in [1.82, 2.24) is 14.9 Å². The van der Waals surface area contributed by atoms with Crippen LogP contribution in [0.3, 0.4) is 0 Å². The van der Waals surface area contributed by atoms with Crippen LogP contribution in [0.1, 0.15) is 71.2 Å². The minimum atomic E-state index is -0.263. The summed E-state index contributed by atoms with van der Waals surface area (Å²) in [6.45, 7) is 13.6.